The van der Waals surface area contributed by atoms with Crippen molar-refractivity contribution in [1.29, 1.82) is 0 Å². The number of anilines is 1. The zero-order valence-corrected chi connectivity index (χ0v) is 13.4. The van der Waals surface area contributed by atoms with E-state index in [9.17, 15) is 21.6 Å². The lowest BCUT2D eigenvalue weighted by Crippen LogP contribution is -2.23. The Morgan fingerprint density at radius 1 is 1.30 bits per heavy atom. The molecule has 0 aliphatic heterocycles. The number of benzene rings is 1. The van der Waals surface area contributed by atoms with E-state index in [2.05, 4.69) is 21.2 Å². The fourth-order valence-corrected chi connectivity index (χ4v) is 2.76. The van der Waals surface area contributed by atoms with Crippen LogP contribution in [-0.2, 0) is 16.0 Å². The van der Waals surface area contributed by atoms with E-state index in [1.807, 2.05) is 0 Å². The van der Waals surface area contributed by atoms with Crippen molar-refractivity contribution in [2.24, 2.45) is 0 Å². The number of rotatable bonds is 5. The maximum atomic E-state index is 12.7. The van der Waals surface area contributed by atoms with Crippen LogP contribution in [0.4, 0.5) is 18.9 Å². The SMILES string of the molecule is CC(C)S(=O)(=O)CCNc1ccc(Br)c(C(F)(F)F)c1. The first-order valence-electron chi connectivity index (χ1n) is 5.86. The molecule has 0 atom stereocenters. The Morgan fingerprint density at radius 3 is 2.40 bits per heavy atom. The van der Waals surface area contributed by atoms with E-state index in [-0.39, 0.29) is 22.5 Å². The highest BCUT2D eigenvalue weighted by Gasteiger charge is 2.33. The fourth-order valence-electron chi connectivity index (χ4n) is 1.43. The van der Waals surface area contributed by atoms with E-state index in [4.69, 9.17) is 0 Å². The summed E-state index contributed by atoms with van der Waals surface area (Å²) in [6.07, 6.45) is -4.46. The Bertz CT molecular complexity index is 571. The zero-order chi connectivity index (χ0) is 15.6. The standard InChI is InChI=1S/C12H15BrF3NO2S/c1-8(2)20(18,19)6-5-17-9-3-4-11(13)10(7-9)12(14,15)16/h3-4,7-8,17H,5-6H2,1-2H3. The average Bonchev–Trinajstić information content (AvgIpc) is 2.29. The lowest BCUT2D eigenvalue weighted by atomic mass is 10.2. The van der Waals surface area contributed by atoms with Crippen molar-refractivity contribution in [1.82, 2.24) is 0 Å². The summed E-state index contributed by atoms with van der Waals surface area (Å²) in [4.78, 5) is 0. The van der Waals surface area contributed by atoms with Gasteiger partial charge in [-0.05, 0) is 32.0 Å². The lowest BCUT2D eigenvalue weighted by Gasteiger charge is -2.13. The van der Waals surface area contributed by atoms with Crippen LogP contribution in [0.5, 0.6) is 0 Å². The molecule has 1 aromatic rings. The number of sulfone groups is 1. The third kappa shape index (κ3) is 4.66. The largest absolute Gasteiger partial charge is 0.417 e. The normalized spacial score (nSPS) is 12.8. The van der Waals surface area contributed by atoms with Gasteiger partial charge in [0.2, 0.25) is 0 Å². The van der Waals surface area contributed by atoms with Crippen LogP contribution in [-0.4, -0.2) is 26.0 Å². The minimum Gasteiger partial charge on any atom is -0.384 e. The molecular formula is C12H15BrF3NO2S. The highest BCUT2D eigenvalue weighted by atomic mass is 79.9. The first kappa shape index (κ1) is 17.3. The van der Waals surface area contributed by atoms with Gasteiger partial charge in [0.15, 0.2) is 9.84 Å². The third-order valence-electron chi connectivity index (χ3n) is 2.71. The Kier molecular flexibility index (Phi) is 5.48. The van der Waals surface area contributed by atoms with Crippen molar-refractivity contribution in [3.8, 4) is 0 Å². The molecule has 1 aromatic carbocycles. The molecule has 0 fully saturated rings. The van der Waals surface area contributed by atoms with Crippen LogP contribution in [0.15, 0.2) is 22.7 Å². The predicted octanol–water partition coefficient (Wildman–Crippen LogP) is 3.70. The highest BCUT2D eigenvalue weighted by molar-refractivity contribution is 9.10. The van der Waals surface area contributed by atoms with Gasteiger partial charge in [-0.3, -0.25) is 0 Å². The monoisotopic (exact) mass is 373 g/mol. The molecule has 0 amide bonds. The van der Waals surface area contributed by atoms with E-state index >= 15 is 0 Å². The molecule has 0 bridgehead atoms. The molecule has 0 aromatic heterocycles. The highest BCUT2D eigenvalue weighted by Crippen LogP contribution is 2.36. The van der Waals surface area contributed by atoms with Crippen LogP contribution in [0.3, 0.4) is 0 Å². The van der Waals surface area contributed by atoms with Gasteiger partial charge in [0.1, 0.15) is 0 Å². The van der Waals surface area contributed by atoms with Crippen LogP contribution < -0.4 is 5.32 Å². The summed E-state index contributed by atoms with van der Waals surface area (Å²) in [5, 5.41) is 2.20. The molecule has 0 unspecified atom stereocenters. The molecule has 0 heterocycles. The molecule has 0 radical (unpaired) electrons. The van der Waals surface area contributed by atoms with Crippen LogP contribution in [0.2, 0.25) is 0 Å². The van der Waals surface area contributed by atoms with Crippen molar-refractivity contribution in [2.45, 2.75) is 25.3 Å². The molecule has 20 heavy (non-hydrogen) atoms. The van der Waals surface area contributed by atoms with Gasteiger partial charge in [0, 0.05) is 16.7 Å². The molecule has 3 nitrogen and oxygen atoms in total. The number of alkyl halides is 3. The van der Waals surface area contributed by atoms with Crippen molar-refractivity contribution in [3.05, 3.63) is 28.2 Å². The topological polar surface area (TPSA) is 46.2 Å². The summed E-state index contributed by atoms with van der Waals surface area (Å²) in [6, 6.07) is 3.69. The molecule has 8 heteroatoms. The van der Waals surface area contributed by atoms with Crippen molar-refractivity contribution < 1.29 is 21.6 Å². The van der Waals surface area contributed by atoms with Gasteiger partial charge in [0.25, 0.3) is 0 Å². The van der Waals surface area contributed by atoms with Crippen molar-refractivity contribution in [2.75, 3.05) is 17.6 Å². The summed E-state index contributed by atoms with van der Waals surface area (Å²) in [7, 11) is -3.21. The van der Waals surface area contributed by atoms with Gasteiger partial charge in [-0.1, -0.05) is 15.9 Å². The quantitative estimate of drug-likeness (QED) is 0.855. The Morgan fingerprint density at radius 2 is 1.90 bits per heavy atom. The fraction of sp³-hybridized carbons (Fsp3) is 0.500. The molecule has 1 rings (SSSR count). The maximum Gasteiger partial charge on any atom is 0.417 e. The van der Waals surface area contributed by atoms with Crippen molar-refractivity contribution >= 4 is 31.5 Å². The second-order valence-corrected chi connectivity index (χ2v) is 8.07. The lowest BCUT2D eigenvalue weighted by molar-refractivity contribution is -0.138. The first-order valence-corrected chi connectivity index (χ1v) is 8.37. The van der Waals surface area contributed by atoms with E-state index in [0.29, 0.717) is 0 Å². The second-order valence-electron chi connectivity index (χ2n) is 4.53. The molecule has 0 saturated heterocycles. The summed E-state index contributed by atoms with van der Waals surface area (Å²) < 4.78 is 61.2. The predicted molar refractivity (Wildman–Crippen MR) is 76.6 cm³/mol. The van der Waals surface area contributed by atoms with Gasteiger partial charge < -0.3 is 5.32 Å². The van der Waals surface area contributed by atoms with Crippen LogP contribution >= 0.6 is 15.9 Å². The van der Waals surface area contributed by atoms with Gasteiger partial charge in [-0.15, -0.1) is 0 Å². The number of nitrogens with one attached hydrogen (secondary N) is 1. The molecule has 114 valence electrons. The van der Waals surface area contributed by atoms with Gasteiger partial charge >= 0.3 is 6.18 Å². The van der Waals surface area contributed by atoms with E-state index in [1.54, 1.807) is 13.8 Å². The molecular weight excluding hydrogens is 359 g/mol. The first-order chi connectivity index (χ1) is 9.04. The Labute approximate surface area is 124 Å². The third-order valence-corrected chi connectivity index (χ3v) is 5.61. The molecule has 0 saturated carbocycles. The van der Waals surface area contributed by atoms with Gasteiger partial charge in [-0.25, -0.2) is 8.42 Å². The van der Waals surface area contributed by atoms with Crippen LogP contribution in [0, 0.1) is 0 Å². The summed E-state index contributed by atoms with van der Waals surface area (Å²) in [5.74, 6) is -0.123. The van der Waals surface area contributed by atoms with Crippen LogP contribution in [0.1, 0.15) is 19.4 Å². The zero-order valence-electron chi connectivity index (χ0n) is 11.0. The van der Waals surface area contributed by atoms with Gasteiger partial charge in [-0.2, -0.15) is 13.2 Å². The summed E-state index contributed by atoms with van der Waals surface area (Å²) in [6.45, 7) is 3.20. The van der Waals surface area contributed by atoms with Gasteiger partial charge in [0.05, 0.1) is 16.6 Å². The summed E-state index contributed by atoms with van der Waals surface area (Å²) >= 11 is 2.84. The smallest absolute Gasteiger partial charge is 0.384 e. The Balaban J connectivity index is 2.76. The minimum atomic E-state index is -4.46. The maximum absolute atomic E-state index is 12.7. The molecule has 0 aliphatic carbocycles. The molecule has 0 spiro atoms. The second kappa shape index (κ2) is 6.34. The molecule has 1 N–H and O–H groups in total. The van der Waals surface area contributed by atoms with Crippen LogP contribution in [0.25, 0.3) is 0 Å². The van der Waals surface area contributed by atoms with E-state index in [0.717, 1.165) is 6.07 Å². The van der Waals surface area contributed by atoms with E-state index in [1.165, 1.54) is 12.1 Å². The average molecular weight is 374 g/mol. The number of hydrogen-bond donors (Lipinski definition) is 1. The Hall–Kier alpha value is -0.760. The number of hydrogen-bond acceptors (Lipinski definition) is 3. The summed E-state index contributed by atoms with van der Waals surface area (Å²) in [5.41, 5.74) is -0.561. The minimum absolute atomic E-state index is 0.0506. The van der Waals surface area contributed by atoms with E-state index < -0.39 is 26.8 Å². The molecule has 0 aliphatic rings. The number of halogens is 4. The van der Waals surface area contributed by atoms with Crippen molar-refractivity contribution in [3.63, 3.8) is 0 Å².